The maximum atomic E-state index is 6.17. The molecular formula is C20H24O. The average Bonchev–Trinajstić information content (AvgIpc) is 2.43. The number of hydrogen-bond acceptors (Lipinski definition) is 1. The van der Waals surface area contributed by atoms with E-state index in [-0.39, 0.29) is 6.10 Å². The van der Waals surface area contributed by atoms with Gasteiger partial charge in [0.05, 0.1) is 6.61 Å². The molecule has 2 aromatic carbocycles. The van der Waals surface area contributed by atoms with Gasteiger partial charge in [-0.1, -0.05) is 42.5 Å². The van der Waals surface area contributed by atoms with Crippen LogP contribution >= 0.6 is 0 Å². The van der Waals surface area contributed by atoms with E-state index in [4.69, 9.17) is 4.74 Å². The first kappa shape index (κ1) is 15.5. The van der Waals surface area contributed by atoms with Gasteiger partial charge in [-0.15, -0.1) is 6.58 Å². The number of benzene rings is 2. The first-order chi connectivity index (χ1) is 10.1. The van der Waals surface area contributed by atoms with Gasteiger partial charge >= 0.3 is 0 Å². The molecule has 0 unspecified atom stereocenters. The molecule has 0 spiro atoms. The fourth-order valence-electron chi connectivity index (χ4n) is 2.96. The van der Waals surface area contributed by atoms with Crippen molar-refractivity contribution in [2.45, 2.75) is 33.8 Å². The number of hydrogen-bond donors (Lipinski definition) is 0. The lowest BCUT2D eigenvalue weighted by atomic mass is 9.89. The SMILES string of the molecule is C=CCOC(c1c(C)cccc1C)c1c(C)cccc1C. The highest BCUT2D eigenvalue weighted by molar-refractivity contribution is 5.46. The van der Waals surface area contributed by atoms with Crippen LogP contribution in [0.4, 0.5) is 0 Å². The smallest absolute Gasteiger partial charge is 0.109 e. The van der Waals surface area contributed by atoms with Crippen molar-refractivity contribution in [3.8, 4) is 0 Å². The van der Waals surface area contributed by atoms with E-state index >= 15 is 0 Å². The second kappa shape index (κ2) is 6.73. The highest BCUT2D eigenvalue weighted by atomic mass is 16.5. The summed E-state index contributed by atoms with van der Waals surface area (Å²) in [7, 11) is 0. The summed E-state index contributed by atoms with van der Waals surface area (Å²) in [5, 5.41) is 0. The van der Waals surface area contributed by atoms with Gasteiger partial charge < -0.3 is 4.74 Å². The van der Waals surface area contributed by atoms with Crippen LogP contribution in [0, 0.1) is 27.7 Å². The largest absolute Gasteiger partial charge is 0.365 e. The van der Waals surface area contributed by atoms with Gasteiger partial charge in [0, 0.05) is 0 Å². The summed E-state index contributed by atoms with van der Waals surface area (Å²) in [6, 6.07) is 12.8. The van der Waals surface area contributed by atoms with Crippen molar-refractivity contribution < 1.29 is 4.74 Å². The maximum absolute atomic E-state index is 6.17. The zero-order chi connectivity index (χ0) is 15.4. The summed E-state index contributed by atoms with van der Waals surface area (Å²) in [5.74, 6) is 0. The van der Waals surface area contributed by atoms with Crippen molar-refractivity contribution in [1.29, 1.82) is 0 Å². The zero-order valence-corrected chi connectivity index (χ0v) is 13.4. The molecule has 0 fully saturated rings. The second-order valence-corrected chi connectivity index (χ2v) is 5.61. The Kier molecular flexibility index (Phi) is 4.98. The first-order valence-corrected chi connectivity index (χ1v) is 7.41. The van der Waals surface area contributed by atoms with E-state index in [9.17, 15) is 0 Å². The molecule has 0 radical (unpaired) electrons. The highest BCUT2D eigenvalue weighted by Gasteiger charge is 2.21. The number of rotatable bonds is 5. The molecule has 0 atom stereocenters. The molecule has 0 N–H and O–H groups in total. The standard InChI is InChI=1S/C20H24O/c1-6-13-21-20(18-14(2)9-7-10-15(18)3)19-16(4)11-8-12-17(19)5/h6-12,20H,1,13H2,2-5H3. The average molecular weight is 280 g/mol. The Balaban J connectivity index is 2.61. The molecule has 0 bridgehead atoms. The van der Waals surface area contributed by atoms with Gasteiger partial charge in [0.15, 0.2) is 0 Å². The fraction of sp³-hybridized carbons (Fsp3) is 0.300. The minimum Gasteiger partial charge on any atom is -0.365 e. The Morgan fingerprint density at radius 3 is 1.57 bits per heavy atom. The molecule has 0 heterocycles. The van der Waals surface area contributed by atoms with E-state index in [0.717, 1.165) is 0 Å². The molecule has 0 amide bonds. The van der Waals surface area contributed by atoms with Crippen molar-refractivity contribution in [3.63, 3.8) is 0 Å². The Hall–Kier alpha value is -1.86. The molecular weight excluding hydrogens is 256 g/mol. The van der Waals surface area contributed by atoms with Crippen LogP contribution in [-0.2, 0) is 4.74 Å². The van der Waals surface area contributed by atoms with Gasteiger partial charge in [-0.25, -0.2) is 0 Å². The Bertz CT molecular complexity index is 548. The summed E-state index contributed by atoms with van der Waals surface area (Å²) < 4.78 is 6.17. The van der Waals surface area contributed by atoms with Gasteiger partial charge in [-0.3, -0.25) is 0 Å². The van der Waals surface area contributed by atoms with Crippen LogP contribution in [0.5, 0.6) is 0 Å². The van der Waals surface area contributed by atoms with Crippen LogP contribution < -0.4 is 0 Å². The molecule has 0 saturated carbocycles. The Morgan fingerprint density at radius 1 is 0.857 bits per heavy atom. The predicted molar refractivity (Wildman–Crippen MR) is 89.8 cm³/mol. The molecule has 21 heavy (non-hydrogen) atoms. The highest BCUT2D eigenvalue weighted by Crippen LogP contribution is 2.34. The molecule has 1 nitrogen and oxygen atoms in total. The minimum absolute atomic E-state index is 0.0367. The molecule has 0 aromatic heterocycles. The van der Waals surface area contributed by atoms with E-state index < -0.39 is 0 Å². The lowest BCUT2D eigenvalue weighted by molar-refractivity contribution is 0.102. The summed E-state index contributed by atoms with van der Waals surface area (Å²) in [6.07, 6.45) is 1.78. The van der Waals surface area contributed by atoms with E-state index in [0.29, 0.717) is 6.61 Å². The topological polar surface area (TPSA) is 9.23 Å². The fourth-order valence-corrected chi connectivity index (χ4v) is 2.96. The van der Waals surface area contributed by atoms with Gasteiger partial charge in [0.25, 0.3) is 0 Å². The molecule has 0 aliphatic rings. The minimum atomic E-state index is -0.0367. The summed E-state index contributed by atoms with van der Waals surface area (Å²) in [4.78, 5) is 0. The first-order valence-electron chi connectivity index (χ1n) is 7.41. The molecule has 0 aliphatic heterocycles. The second-order valence-electron chi connectivity index (χ2n) is 5.61. The molecule has 2 aromatic rings. The van der Waals surface area contributed by atoms with Crippen LogP contribution in [0.3, 0.4) is 0 Å². The quantitative estimate of drug-likeness (QED) is 0.683. The van der Waals surface area contributed by atoms with E-state index in [2.05, 4.69) is 70.7 Å². The van der Waals surface area contributed by atoms with Gasteiger partial charge in [0.2, 0.25) is 0 Å². The Morgan fingerprint density at radius 2 is 1.24 bits per heavy atom. The predicted octanol–water partition coefficient (Wildman–Crippen LogP) is 5.21. The van der Waals surface area contributed by atoms with E-state index in [1.807, 2.05) is 6.08 Å². The van der Waals surface area contributed by atoms with Crippen molar-refractivity contribution >= 4 is 0 Å². The maximum Gasteiger partial charge on any atom is 0.109 e. The van der Waals surface area contributed by atoms with Crippen LogP contribution in [-0.4, -0.2) is 6.61 Å². The van der Waals surface area contributed by atoms with Crippen molar-refractivity contribution in [2.24, 2.45) is 0 Å². The normalized spacial score (nSPS) is 10.9. The summed E-state index contributed by atoms with van der Waals surface area (Å²) >= 11 is 0. The van der Waals surface area contributed by atoms with Gasteiger partial charge in [0.1, 0.15) is 6.10 Å². The van der Waals surface area contributed by atoms with Gasteiger partial charge in [-0.2, -0.15) is 0 Å². The Labute approximate surface area is 128 Å². The van der Waals surface area contributed by atoms with E-state index in [1.54, 1.807) is 0 Å². The summed E-state index contributed by atoms with van der Waals surface area (Å²) in [6.45, 7) is 12.9. The van der Waals surface area contributed by atoms with Crippen molar-refractivity contribution in [1.82, 2.24) is 0 Å². The van der Waals surface area contributed by atoms with Crippen LogP contribution in [0.1, 0.15) is 39.5 Å². The third-order valence-electron chi connectivity index (χ3n) is 3.99. The zero-order valence-electron chi connectivity index (χ0n) is 13.4. The molecule has 1 heteroatoms. The van der Waals surface area contributed by atoms with Crippen molar-refractivity contribution in [3.05, 3.63) is 82.4 Å². The van der Waals surface area contributed by atoms with Crippen LogP contribution in [0.25, 0.3) is 0 Å². The third-order valence-corrected chi connectivity index (χ3v) is 3.99. The molecule has 110 valence electrons. The number of aryl methyl sites for hydroxylation is 4. The molecule has 0 saturated heterocycles. The third kappa shape index (κ3) is 3.25. The lowest BCUT2D eigenvalue weighted by Crippen LogP contribution is -2.13. The lowest BCUT2D eigenvalue weighted by Gasteiger charge is -2.25. The van der Waals surface area contributed by atoms with Crippen LogP contribution in [0.15, 0.2) is 49.1 Å². The van der Waals surface area contributed by atoms with Crippen LogP contribution in [0.2, 0.25) is 0 Å². The number of ether oxygens (including phenoxy) is 1. The monoisotopic (exact) mass is 280 g/mol. The molecule has 2 rings (SSSR count). The summed E-state index contributed by atoms with van der Waals surface area (Å²) in [5.41, 5.74) is 7.63. The van der Waals surface area contributed by atoms with Crippen molar-refractivity contribution in [2.75, 3.05) is 6.61 Å². The van der Waals surface area contributed by atoms with Gasteiger partial charge in [-0.05, 0) is 61.1 Å². The molecule has 0 aliphatic carbocycles. The van der Waals surface area contributed by atoms with E-state index in [1.165, 1.54) is 33.4 Å².